The van der Waals surface area contributed by atoms with Crippen molar-refractivity contribution in [3.05, 3.63) is 29.8 Å². The van der Waals surface area contributed by atoms with Crippen molar-refractivity contribution in [3.8, 4) is 5.75 Å². The number of nitrogens with zero attached hydrogens (tertiary/aromatic N) is 2. The van der Waals surface area contributed by atoms with Gasteiger partial charge in [-0.25, -0.2) is 0 Å². The lowest BCUT2D eigenvalue weighted by molar-refractivity contribution is -0.142. The van der Waals surface area contributed by atoms with Crippen molar-refractivity contribution in [2.75, 3.05) is 33.3 Å². The molecular weight excluding hydrogens is 328 g/mol. The molecular formula is C21H30N2O3. The van der Waals surface area contributed by atoms with Gasteiger partial charge in [0.05, 0.1) is 13.7 Å². The summed E-state index contributed by atoms with van der Waals surface area (Å²) in [5, 5.41) is 0. The first kappa shape index (κ1) is 18.7. The summed E-state index contributed by atoms with van der Waals surface area (Å²) >= 11 is 0. The fourth-order valence-electron chi connectivity index (χ4n) is 4.02. The highest BCUT2D eigenvalue weighted by atomic mass is 16.5. The molecule has 0 spiro atoms. The quantitative estimate of drug-likeness (QED) is 0.786. The molecule has 2 aliphatic rings. The van der Waals surface area contributed by atoms with Crippen LogP contribution in [0.1, 0.15) is 44.1 Å². The van der Waals surface area contributed by atoms with Gasteiger partial charge in [0.15, 0.2) is 0 Å². The summed E-state index contributed by atoms with van der Waals surface area (Å²) in [5.74, 6) is 1.69. The van der Waals surface area contributed by atoms with Crippen LogP contribution in [0.15, 0.2) is 24.3 Å². The molecule has 5 heteroatoms. The summed E-state index contributed by atoms with van der Waals surface area (Å²) in [5.41, 5.74) is 1.28. The van der Waals surface area contributed by atoms with Crippen LogP contribution in [-0.4, -0.2) is 54.9 Å². The van der Waals surface area contributed by atoms with Gasteiger partial charge in [-0.3, -0.25) is 9.59 Å². The van der Waals surface area contributed by atoms with Crippen LogP contribution in [0.25, 0.3) is 0 Å². The number of carbonyl (C=O) groups excluding carboxylic acids is 2. The zero-order valence-electron chi connectivity index (χ0n) is 15.8. The van der Waals surface area contributed by atoms with E-state index in [2.05, 4.69) is 12.1 Å². The van der Waals surface area contributed by atoms with E-state index >= 15 is 0 Å². The van der Waals surface area contributed by atoms with E-state index in [1.165, 1.54) is 12.0 Å². The molecule has 0 aliphatic carbocycles. The number of carbonyl (C=O) groups is 2. The molecule has 26 heavy (non-hydrogen) atoms. The minimum atomic E-state index is 0.117. The topological polar surface area (TPSA) is 49.9 Å². The van der Waals surface area contributed by atoms with Gasteiger partial charge in [0.1, 0.15) is 5.75 Å². The number of methoxy groups -OCH3 is 1. The van der Waals surface area contributed by atoms with Crippen molar-refractivity contribution in [1.82, 2.24) is 9.80 Å². The van der Waals surface area contributed by atoms with Crippen LogP contribution in [0, 0.1) is 5.92 Å². The van der Waals surface area contributed by atoms with Gasteiger partial charge >= 0.3 is 0 Å². The molecule has 0 N–H and O–H groups in total. The van der Waals surface area contributed by atoms with E-state index in [0.29, 0.717) is 12.3 Å². The predicted octanol–water partition coefficient (Wildman–Crippen LogP) is 2.88. The van der Waals surface area contributed by atoms with Gasteiger partial charge < -0.3 is 14.5 Å². The molecule has 0 radical (unpaired) electrons. The molecule has 2 fully saturated rings. The van der Waals surface area contributed by atoms with Crippen LogP contribution in [0.3, 0.4) is 0 Å². The fraction of sp³-hybridized carbons (Fsp3) is 0.619. The Kier molecular flexibility index (Phi) is 6.53. The zero-order chi connectivity index (χ0) is 18.4. The molecule has 2 aliphatic heterocycles. The Morgan fingerprint density at radius 3 is 2.92 bits per heavy atom. The molecule has 0 bridgehead atoms. The van der Waals surface area contributed by atoms with Crippen LogP contribution in [0.4, 0.5) is 0 Å². The van der Waals surface area contributed by atoms with E-state index in [1.54, 1.807) is 12.0 Å². The standard InChI is InChI=1S/C21H30N2O3/c1-26-19-8-4-6-17(14-19)10-11-18-7-5-13-22(15-18)21(25)16-23-12-3-2-9-20(23)24/h4,6,8,14,18H,2-3,5,7,9-13,15-16H2,1H3/t18-/m1/s1. The maximum atomic E-state index is 12.6. The van der Waals surface area contributed by atoms with Gasteiger partial charge in [0.25, 0.3) is 0 Å². The average molecular weight is 358 g/mol. The molecule has 1 aromatic rings. The highest BCUT2D eigenvalue weighted by Gasteiger charge is 2.27. The van der Waals surface area contributed by atoms with Crippen molar-refractivity contribution in [3.63, 3.8) is 0 Å². The van der Waals surface area contributed by atoms with E-state index in [4.69, 9.17) is 4.74 Å². The van der Waals surface area contributed by atoms with Gasteiger partial charge in [-0.2, -0.15) is 0 Å². The van der Waals surface area contributed by atoms with E-state index in [-0.39, 0.29) is 18.4 Å². The van der Waals surface area contributed by atoms with Crippen molar-refractivity contribution >= 4 is 11.8 Å². The number of hydrogen-bond acceptors (Lipinski definition) is 3. The van der Waals surface area contributed by atoms with Crippen LogP contribution < -0.4 is 4.74 Å². The van der Waals surface area contributed by atoms with Crippen LogP contribution >= 0.6 is 0 Å². The third kappa shape index (κ3) is 4.99. The second-order valence-corrected chi connectivity index (χ2v) is 7.51. The molecule has 2 heterocycles. The Morgan fingerprint density at radius 2 is 2.12 bits per heavy atom. The average Bonchev–Trinajstić information content (AvgIpc) is 2.68. The SMILES string of the molecule is COc1cccc(CC[C@H]2CCCN(C(=O)CN3CCCCC3=O)C2)c1. The summed E-state index contributed by atoms with van der Waals surface area (Å²) in [7, 11) is 1.69. The lowest BCUT2D eigenvalue weighted by Crippen LogP contribution is -2.47. The number of piperidine rings is 2. The van der Waals surface area contributed by atoms with Crippen molar-refractivity contribution in [1.29, 1.82) is 0 Å². The summed E-state index contributed by atoms with van der Waals surface area (Å²) in [4.78, 5) is 28.3. The minimum Gasteiger partial charge on any atom is -0.497 e. The lowest BCUT2D eigenvalue weighted by atomic mass is 9.91. The van der Waals surface area contributed by atoms with Crippen molar-refractivity contribution in [2.45, 2.75) is 44.9 Å². The number of aryl methyl sites for hydroxylation is 1. The van der Waals surface area contributed by atoms with Crippen LogP contribution in [0.5, 0.6) is 5.75 Å². The predicted molar refractivity (Wildman–Crippen MR) is 101 cm³/mol. The molecule has 0 saturated carbocycles. The summed E-state index contributed by atoms with van der Waals surface area (Å²) in [6.45, 7) is 2.65. The van der Waals surface area contributed by atoms with E-state index < -0.39 is 0 Å². The smallest absolute Gasteiger partial charge is 0.242 e. The molecule has 0 aromatic heterocycles. The Balaban J connectivity index is 1.48. The number of likely N-dealkylation sites (tertiary alicyclic amines) is 2. The molecule has 1 aromatic carbocycles. The summed E-state index contributed by atoms with van der Waals surface area (Å²) in [6, 6.07) is 8.22. The number of rotatable bonds is 6. The first-order chi connectivity index (χ1) is 12.7. The summed E-state index contributed by atoms with van der Waals surface area (Å²) < 4.78 is 5.29. The Morgan fingerprint density at radius 1 is 1.23 bits per heavy atom. The second kappa shape index (κ2) is 9.06. The summed E-state index contributed by atoms with van der Waals surface area (Å²) in [6.07, 6.45) is 6.89. The molecule has 142 valence electrons. The first-order valence-corrected chi connectivity index (χ1v) is 9.84. The maximum absolute atomic E-state index is 12.6. The molecule has 5 nitrogen and oxygen atoms in total. The van der Waals surface area contributed by atoms with Crippen molar-refractivity contribution in [2.24, 2.45) is 5.92 Å². The maximum Gasteiger partial charge on any atom is 0.242 e. The van der Waals surface area contributed by atoms with Crippen molar-refractivity contribution < 1.29 is 14.3 Å². The van der Waals surface area contributed by atoms with Gasteiger partial charge in [-0.05, 0) is 62.1 Å². The number of benzene rings is 1. The van der Waals surface area contributed by atoms with E-state index in [9.17, 15) is 9.59 Å². The molecule has 3 rings (SSSR count). The molecule has 2 amide bonds. The van der Waals surface area contributed by atoms with Crippen LogP contribution in [-0.2, 0) is 16.0 Å². The minimum absolute atomic E-state index is 0.117. The lowest BCUT2D eigenvalue weighted by Gasteiger charge is -2.35. The first-order valence-electron chi connectivity index (χ1n) is 9.84. The fourth-order valence-corrected chi connectivity index (χ4v) is 4.02. The molecule has 1 atom stereocenters. The Bertz CT molecular complexity index is 631. The zero-order valence-corrected chi connectivity index (χ0v) is 15.8. The molecule has 0 unspecified atom stereocenters. The van der Waals surface area contributed by atoms with E-state index in [0.717, 1.165) is 57.5 Å². The number of amides is 2. The highest BCUT2D eigenvalue weighted by Crippen LogP contribution is 2.23. The second-order valence-electron chi connectivity index (χ2n) is 7.51. The van der Waals surface area contributed by atoms with Gasteiger partial charge in [0, 0.05) is 26.1 Å². The Hall–Kier alpha value is -2.04. The third-order valence-corrected chi connectivity index (χ3v) is 5.59. The van der Waals surface area contributed by atoms with Gasteiger partial charge in [-0.1, -0.05) is 12.1 Å². The number of hydrogen-bond donors (Lipinski definition) is 0. The van der Waals surface area contributed by atoms with Gasteiger partial charge in [0.2, 0.25) is 11.8 Å². The highest BCUT2D eigenvalue weighted by molar-refractivity contribution is 5.85. The monoisotopic (exact) mass is 358 g/mol. The van der Waals surface area contributed by atoms with E-state index in [1.807, 2.05) is 17.0 Å². The normalized spacial score (nSPS) is 21.0. The third-order valence-electron chi connectivity index (χ3n) is 5.59. The largest absolute Gasteiger partial charge is 0.497 e. The number of ether oxygens (including phenoxy) is 1. The van der Waals surface area contributed by atoms with Gasteiger partial charge in [-0.15, -0.1) is 0 Å². The Labute approximate surface area is 156 Å². The molecule has 2 saturated heterocycles. The van der Waals surface area contributed by atoms with Crippen LogP contribution in [0.2, 0.25) is 0 Å².